The van der Waals surface area contributed by atoms with E-state index in [1.54, 1.807) is 30.0 Å². The van der Waals surface area contributed by atoms with E-state index < -0.39 is 0 Å². The van der Waals surface area contributed by atoms with Crippen LogP contribution in [0.3, 0.4) is 0 Å². The molecule has 1 amide bonds. The van der Waals surface area contributed by atoms with Crippen LogP contribution in [-0.2, 0) is 11.2 Å². The molecule has 0 heterocycles. The maximum Gasteiger partial charge on any atom is 0.228 e. The Morgan fingerprint density at radius 3 is 2.65 bits per heavy atom. The Balaban J connectivity index is 2.03. The topological polar surface area (TPSA) is 29.1 Å². The second kappa shape index (κ2) is 7.02. The summed E-state index contributed by atoms with van der Waals surface area (Å²) in [5.74, 6) is -0.0818. The molecule has 2 nitrogen and oxygen atoms in total. The van der Waals surface area contributed by atoms with E-state index in [0.717, 1.165) is 16.1 Å². The first-order valence-electron chi connectivity index (χ1n) is 5.96. The molecule has 1 N–H and O–H groups in total. The zero-order chi connectivity index (χ0) is 14.5. The van der Waals surface area contributed by atoms with Gasteiger partial charge in [0, 0.05) is 10.6 Å². The van der Waals surface area contributed by atoms with Gasteiger partial charge >= 0.3 is 0 Å². The molecule has 0 saturated carbocycles. The summed E-state index contributed by atoms with van der Waals surface area (Å²) >= 11 is 13.4. The van der Waals surface area contributed by atoms with E-state index in [-0.39, 0.29) is 12.3 Å². The zero-order valence-corrected chi connectivity index (χ0v) is 13.1. The average molecular weight is 326 g/mol. The molecule has 0 aromatic heterocycles. The van der Waals surface area contributed by atoms with Gasteiger partial charge in [-0.1, -0.05) is 35.3 Å². The highest BCUT2D eigenvalue weighted by Gasteiger charge is 2.06. The summed E-state index contributed by atoms with van der Waals surface area (Å²) in [6.07, 6.45) is 2.26. The standard InChI is InChI=1S/C15H13Cl2NOS/c1-20-12-4-2-3-11(9-12)18-15(19)8-10-5-6-13(16)14(17)7-10/h2-7,9H,8H2,1H3,(H,18,19). The fraction of sp³-hybridized carbons (Fsp3) is 0.133. The van der Waals surface area contributed by atoms with Crippen molar-refractivity contribution in [1.82, 2.24) is 0 Å². The Morgan fingerprint density at radius 1 is 1.15 bits per heavy atom. The van der Waals surface area contributed by atoms with Crippen molar-refractivity contribution in [3.63, 3.8) is 0 Å². The minimum Gasteiger partial charge on any atom is -0.326 e. The molecule has 0 spiro atoms. The highest BCUT2D eigenvalue weighted by Crippen LogP contribution is 2.23. The maximum absolute atomic E-state index is 12.0. The number of halogens is 2. The van der Waals surface area contributed by atoms with Crippen molar-refractivity contribution < 1.29 is 4.79 Å². The lowest BCUT2D eigenvalue weighted by molar-refractivity contribution is -0.115. The predicted octanol–water partition coefficient (Wildman–Crippen LogP) is 4.90. The van der Waals surface area contributed by atoms with Gasteiger partial charge in [0.1, 0.15) is 0 Å². The van der Waals surface area contributed by atoms with Crippen LogP contribution in [0.4, 0.5) is 5.69 Å². The lowest BCUT2D eigenvalue weighted by Crippen LogP contribution is -2.14. The highest BCUT2D eigenvalue weighted by atomic mass is 35.5. The number of benzene rings is 2. The summed E-state index contributed by atoms with van der Waals surface area (Å²) in [4.78, 5) is 13.1. The number of rotatable bonds is 4. The van der Waals surface area contributed by atoms with Crippen LogP contribution >= 0.6 is 35.0 Å². The molecular formula is C15H13Cl2NOS. The minimum atomic E-state index is -0.0818. The second-order valence-corrected chi connectivity index (χ2v) is 5.90. The molecule has 104 valence electrons. The number of anilines is 1. The second-order valence-electron chi connectivity index (χ2n) is 4.21. The summed E-state index contributed by atoms with van der Waals surface area (Å²) in [7, 11) is 0. The van der Waals surface area contributed by atoms with Crippen molar-refractivity contribution in [3.8, 4) is 0 Å². The number of amides is 1. The molecule has 5 heteroatoms. The van der Waals surface area contributed by atoms with E-state index in [0.29, 0.717) is 10.0 Å². The number of carbonyl (C=O) groups is 1. The Bertz CT molecular complexity index is 631. The summed E-state index contributed by atoms with van der Waals surface area (Å²) in [5, 5.41) is 3.82. The Morgan fingerprint density at radius 2 is 1.95 bits per heavy atom. The number of hydrogen-bond donors (Lipinski definition) is 1. The fourth-order valence-electron chi connectivity index (χ4n) is 1.74. The molecule has 0 aliphatic rings. The van der Waals surface area contributed by atoms with Crippen LogP contribution in [0.25, 0.3) is 0 Å². The summed E-state index contributed by atoms with van der Waals surface area (Å²) in [6.45, 7) is 0. The largest absolute Gasteiger partial charge is 0.326 e. The fourth-order valence-corrected chi connectivity index (χ4v) is 2.52. The van der Waals surface area contributed by atoms with Crippen LogP contribution in [0, 0.1) is 0 Å². The molecule has 20 heavy (non-hydrogen) atoms. The summed E-state index contributed by atoms with van der Waals surface area (Å²) in [6, 6.07) is 12.9. The lowest BCUT2D eigenvalue weighted by Gasteiger charge is -2.07. The molecule has 2 aromatic carbocycles. The van der Waals surface area contributed by atoms with Crippen molar-refractivity contribution in [3.05, 3.63) is 58.1 Å². The van der Waals surface area contributed by atoms with Gasteiger partial charge in [-0.3, -0.25) is 4.79 Å². The van der Waals surface area contributed by atoms with Crippen LogP contribution in [0.15, 0.2) is 47.4 Å². The normalized spacial score (nSPS) is 10.3. The van der Waals surface area contributed by atoms with Crippen LogP contribution < -0.4 is 5.32 Å². The number of thioether (sulfide) groups is 1. The van der Waals surface area contributed by atoms with Gasteiger partial charge in [0.05, 0.1) is 16.5 Å². The maximum atomic E-state index is 12.0. The van der Waals surface area contributed by atoms with Gasteiger partial charge in [-0.05, 0) is 42.2 Å². The SMILES string of the molecule is CSc1cccc(NC(=O)Cc2ccc(Cl)c(Cl)c2)c1. The monoisotopic (exact) mass is 325 g/mol. The number of carbonyl (C=O) groups excluding carboxylic acids is 1. The van der Waals surface area contributed by atoms with Gasteiger partial charge in [0.25, 0.3) is 0 Å². The first kappa shape index (κ1) is 15.2. The molecule has 2 rings (SSSR count). The minimum absolute atomic E-state index is 0.0818. The van der Waals surface area contributed by atoms with E-state index >= 15 is 0 Å². The number of nitrogens with one attached hydrogen (secondary N) is 1. The molecule has 0 aliphatic heterocycles. The van der Waals surface area contributed by atoms with Gasteiger partial charge in [-0.15, -0.1) is 11.8 Å². The van der Waals surface area contributed by atoms with Gasteiger partial charge in [-0.25, -0.2) is 0 Å². The molecule has 0 fully saturated rings. The van der Waals surface area contributed by atoms with Gasteiger partial charge in [-0.2, -0.15) is 0 Å². The van der Waals surface area contributed by atoms with E-state index in [4.69, 9.17) is 23.2 Å². The van der Waals surface area contributed by atoms with Crippen molar-refractivity contribution in [1.29, 1.82) is 0 Å². The van der Waals surface area contributed by atoms with Crippen molar-refractivity contribution >= 4 is 46.6 Å². The van der Waals surface area contributed by atoms with Gasteiger partial charge < -0.3 is 5.32 Å². The van der Waals surface area contributed by atoms with Crippen LogP contribution in [0.2, 0.25) is 10.0 Å². The first-order chi connectivity index (χ1) is 9.58. The van der Waals surface area contributed by atoms with E-state index in [9.17, 15) is 4.79 Å². The Labute approximate surface area is 132 Å². The van der Waals surface area contributed by atoms with Crippen LogP contribution in [0.5, 0.6) is 0 Å². The smallest absolute Gasteiger partial charge is 0.228 e. The molecular weight excluding hydrogens is 313 g/mol. The van der Waals surface area contributed by atoms with Crippen molar-refractivity contribution in [2.45, 2.75) is 11.3 Å². The van der Waals surface area contributed by atoms with Gasteiger partial charge in [0.15, 0.2) is 0 Å². The van der Waals surface area contributed by atoms with Crippen molar-refractivity contribution in [2.75, 3.05) is 11.6 Å². The molecule has 0 atom stereocenters. The Hall–Kier alpha value is -1.16. The molecule has 0 radical (unpaired) electrons. The molecule has 0 unspecified atom stereocenters. The molecule has 0 bridgehead atoms. The third-order valence-electron chi connectivity index (χ3n) is 2.70. The average Bonchev–Trinajstić information content (AvgIpc) is 2.43. The lowest BCUT2D eigenvalue weighted by atomic mass is 10.1. The molecule has 0 aliphatic carbocycles. The first-order valence-corrected chi connectivity index (χ1v) is 7.94. The Kier molecular flexibility index (Phi) is 5.35. The third kappa shape index (κ3) is 4.17. The molecule has 2 aromatic rings. The summed E-state index contributed by atoms with van der Waals surface area (Å²) in [5.41, 5.74) is 1.62. The third-order valence-corrected chi connectivity index (χ3v) is 4.17. The summed E-state index contributed by atoms with van der Waals surface area (Å²) < 4.78 is 0. The zero-order valence-electron chi connectivity index (χ0n) is 10.8. The van der Waals surface area contributed by atoms with Crippen LogP contribution in [-0.4, -0.2) is 12.2 Å². The van der Waals surface area contributed by atoms with E-state index in [2.05, 4.69) is 5.32 Å². The quantitative estimate of drug-likeness (QED) is 0.810. The van der Waals surface area contributed by atoms with Gasteiger partial charge in [0.2, 0.25) is 5.91 Å². The predicted molar refractivity (Wildman–Crippen MR) is 87.0 cm³/mol. The van der Waals surface area contributed by atoms with E-state index in [1.165, 1.54) is 0 Å². The van der Waals surface area contributed by atoms with Crippen LogP contribution in [0.1, 0.15) is 5.56 Å². The van der Waals surface area contributed by atoms with Crippen molar-refractivity contribution in [2.24, 2.45) is 0 Å². The van der Waals surface area contributed by atoms with E-state index in [1.807, 2.05) is 30.5 Å². The molecule has 0 saturated heterocycles. The highest BCUT2D eigenvalue weighted by molar-refractivity contribution is 7.98. The number of hydrogen-bond acceptors (Lipinski definition) is 2.